The summed E-state index contributed by atoms with van der Waals surface area (Å²) in [4.78, 5) is 26.8. The van der Waals surface area contributed by atoms with E-state index in [-0.39, 0.29) is 18.2 Å². The van der Waals surface area contributed by atoms with Gasteiger partial charge < -0.3 is 16.0 Å². The van der Waals surface area contributed by atoms with Gasteiger partial charge in [0.25, 0.3) is 0 Å². The summed E-state index contributed by atoms with van der Waals surface area (Å²) in [6.45, 7) is 1.16. The summed E-state index contributed by atoms with van der Waals surface area (Å²) < 4.78 is 0.929. The van der Waals surface area contributed by atoms with Crippen LogP contribution in [0.2, 0.25) is 0 Å². The Morgan fingerprint density at radius 1 is 1.00 bits per heavy atom. The maximum absolute atomic E-state index is 13.3. The molecule has 0 fully saturated rings. The number of fused-ring (bicyclic) bond motifs is 1. The Morgan fingerprint density at radius 3 is 2.39 bits per heavy atom. The van der Waals surface area contributed by atoms with Gasteiger partial charge in [-0.05, 0) is 34.4 Å². The first kappa shape index (κ1) is 21.1. The number of nitrogens with two attached hydrogens (primary N) is 1. The molecule has 1 aliphatic heterocycles. The van der Waals surface area contributed by atoms with E-state index in [1.165, 1.54) is 11.1 Å². The van der Waals surface area contributed by atoms with Crippen LogP contribution in [0.5, 0.6) is 0 Å². The van der Waals surface area contributed by atoms with Crippen molar-refractivity contribution < 1.29 is 9.59 Å². The van der Waals surface area contributed by atoms with Gasteiger partial charge >= 0.3 is 6.03 Å². The van der Waals surface area contributed by atoms with Crippen LogP contribution in [0.3, 0.4) is 0 Å². The highest BCUT2D eigenvalue weighted by atomic mass is 79.9. The molecule has 2 atom stereocenters. The number of amides is 3. The third-order valence-corrected chi connectivity index (χ3v) is 6.25. The van der Waals surface area contributed by atoms with Crippen LogP contribution in [0, 0.1) is 0 Å². The number of nitrogens with zero attached hydrogens (tertiary/aromatic N) is 1. The van der Waals surface area contributed by atoms with E-state index >= 15 is 0 Å². The summed E-state index contributed by atoms with van der Waals surface area (Å²) in [5.74, 6) is 0.0995. The normalized spacial score (nSPS) is 16.3. The summed E-state index contributed by atoms with van der Waals surface area (Å²) in [6.07, 6.45) is 0.147. The zero-order valence-corrected chi connectivity index (χ0v) is 18.6. The lowest BCUT2D eigenvalue weighted by molar-refractivity contribution is -0.132. The molecule has 0 unspecified atom stereocenters. The quantitative estimate of drug-likeness (QED) is 0.557. The molecule has 0 spiro atoms. The number of halogens is 1. The summed E-state index contributed by atoms with van der Waals surface area (Å²) in [7, 11) is 0. The topological polar surface area (TPSA) is 75.4 Å². The second-order valence-electron chi connectivity index (χ2n) is 7.75. The van der Waals surface area contributed by atoms with E-state index in [1.54, 1.807) is 0 Å². The van der Waals surface area contributed by atoms with Crippen molar-refractivity contribution in [2.45, 2.75) is 24.9 Å². The Morgan fingerprint density at radius 2 is 1.68 bits per heavy atom. The van der Waals surface area contributed by atoms with Gasteiger partial charge in [0.1, 0.15) is 0 Å². The third kappa shape index (κ3) is 4.97. The average Bonchev–Trinajstić information content (AvgIpc) is 2.78. The van der Waals surface area contributed by atoms with Crippen LogP contribution in [-0.2, 0) is 11.3 Å². The number of nitrogens with one attached hydrogen (secondary N) is 1. The first-order valence-electron chi connectivity index (χ1n) is 10.2. The van der Waals surface area contributed by atoms with Gasteiger partial charge in [-0.3, -0.25) is 4.79 Å². The van der Waals surface area contributed by atoms with Crippen LogP contribution in [-0.4, -0.2) is 23.4 Å². The van der Waals surface area contributed by atoms with E-state index in [9.17, 15) is 9.59 Å². The predicted octanol–water partition coefficient (Wildman–Crippen LogP) is 4.72. The van der Waals surface area contributed by atoms with Gasteiger partial charge in [0, 0.05) is 23.5 Å². The first-order chi connectivity index (χ1) is 15.0. The highest BCUT2D eigenvalue weighted by Gasteiger charge is 2.30. The van der Waals surface area contributed by atoms with E-state index in [0.29, 0.717) is 13.1 Å². The highest BCUT2D eigenvalue weighted by Crippen LogP contribution is 2.34. The van der Waals surface area contributed by atoms with Crippen LogP contribution in [0.15, 0.2) is 83.3 Å². The summed E-state index contributed by atoms with van der Waals surface area (Å²) in [5, 5.41) is 2.72. The second kappa shape index (κ2) is 9.35. The molecule has 0 aromatic heterocycles. The lowest BCUT2D eigenvalue weighted by Gasteiger charge is -2.36. The maximum atomic E-state index is 13.3. The molecule has 0 saturated heterocycles. The van der Waals surface area contributed by atoms with Gasteiger partial charge in [-0.2, -0.15) is 0 Å². The molecule has 1 heterocycles. The molecule has 5 nitrogen and oxygen atoms in total. The molecule has 0 saturated carbocycles. The van der Waals surface area contributed by atoms with E-state index < -0.39 is 12.1 Å². The summed E-state index contributed by atoms with van der Waals surface area (Å²) >= 11 is 3.42. The summed E-state index contributed by atoms with van der Waals surface area (Å²) in [5.41, 5.74) is 9.83. The number of carbonyl (C=O) groups is 2. The maximum Gasteiger partial charge on any atom is 0.312 e. The van der Waals surface area contributed by atoms with Crippen LogP contribution in [0.4, 0.5) is 4.79 Å². The van der Waals surface area contributed by atoms with Gasteiger partial charge in [0.2, 0.25) is 5.91 Å². The molecule has 3 N–H and O–H groups in total. The van der Waals surface area contributed by atoms with Crippen molar-refractivity contribution in [1.29, 1.82) is 0 Å². The fourth-order valence-corrected chi connectivity index (χ4v) is 4.45. The van der Waals surface area contributed by atoms with E-state index in [1.807, 2.05) is 59.5 Å². The highest BCUT2D eigenvalue weighted by molar-refractivity contribution is 9.10. The number of benzene rings is 3. The minimum absolute atomic E-state index is 0.0166. The Bertz CT molecular complexity index is 1070. The summed E-state index contributed by atoms with van der Waals surface area (Å²) in [6, 6.07) is 25.0. The molecule has 0 radical (unpaired) electrons. The average molecular weight is 478 g/mol. The molecule has 1 aliphatic rings. The van der Waals surface area contributed by atoms with Crippen LogP contribution in [0.1, 0.15) is 40.6 Å². The fraction of sp³-hybridized carbons (Fsp3) is 0.200. The van der Waals surface area contributed by atoms with Crippen molar-refractivity contribution in [3.8, 4) is 0 Å². The molecule has 158 valence electrons. The molecular formula is C25H24BrN3O2. The Kier molecular flexibility index (Phi) is 6.37. The van der Waals surface area contributed by atoms with Crippen molar-refractivity contribution >= 4 is 27.9 Å². The van der Waals surface area contributed by atoms with Gasteiger partial charge in [0.15, 0.2) is 0 Å². The fourth-order valence-electron chi connectivity index (χ4n) is 4.19. The zero-order valence-electron chi connectivity index (χ0n) is 17.0. The van der Waals surface area contributed by atoms with Gasteiger partial charge in [-0.1, -0.05) is 82.7 Å². The molecule has 3 aromatic rings. The molecule has 0 aliphatic carbocycles. The standard InChI is InChI=1S/C25H24BrN3O2/c26-20-12-10-18(11-13-20)23(28-25(27)31)14-24(30)29-15-19-8-4-5-9-21(19)22(16-29)17-6-2-1-3-7-17/h1-13,22-23H,14-16H2,(H3,27,28,31)/t22-,23-/m0/s1. The van der Waals surface area contributed by atoms with Crippen molar-refractivity contribution in [3.05, 3.63) is 106 Å². The molecular weight excluding hydrogens is 454 g/mol. The van der Waals surface area contributed by atoms with Crippen molar-refractivity contribution in [1.82, 2.24) is 10.2 Å². The van der Waals surface area contributed by atoms with E-state index in [2.05, 4.69) is 45.5 Å². The molecule has 31 heavy (non-hydrogen) atoms. The van der Waals surface area contributed by atoms with Crippen LogP contribution >= 0.6 is 15.9 Å². The zero-order chi connectivity index (χ0) is 21.8. The molecule has 0 bridgehead atoms. The molecule has 6 heteroatoms. The second-order valence-corrected chi connectivity index (χ2v) is 8.67. The monoisotopic (exact) mass is 477 g/mol. The Labute approximate surface area is 190 Å². The molecule has 3 aromatic carbocycles. The third-order valence-electron chi connectivity index (χ3n) is 5.72. The number of carbonyl (C=O) groups excluding carboxylic acids is 2. The minimum atomic E-state index is -0.646. The largest absolute Gasteiger partial charge is 0.352 e. The van der Waals surface area contributed by atoms with Crippen molar-refractivity contribution in [3.63, 3.8) is 0 Å². The van der Waals surface area contributed by atoms with Gasteiger partial charge in [-0.15, -0.1) is 0 Å². The van der Waals surface area contributed by atoms with Crippen molar-refractivity contribution in [2.75, 3.05) is 6.54 Å². The number of urea groups is 1. The lowest BCUT2D eigenvalue weighted by Crippen LogP contribution is -2.41. The lowest BCUT2D eigenvalue weighted by atomic mass is 9.84. The predicted molar refractivity (Wildman–Crippen MR) is 124 cm³/mol. The van der Waals surface area contributed by atoms with E-state index in [4.69, 9.17) is 5.73 Å². The first-order valence-corrected chi connectivity index (χ1v) is 11.0. The molecule has 4 rings (SSSR count). The number of hydrogen-bond acceptors (Lipinski definition) is 2. The Balaban J connectivity index is 1.58. The SMILES string of the molecule is NC(=O)N[C@@H](CC(=O)N1Cc2ccccc2[C@H](c2ccccc2)C1)c1ccc(Br)cc1. The van der Waals surface area contributed by atoms with Crippen LogP contribution in [0.25, 0.3) is 0 Å². The number of rotatable bonds is 5. The van der Waals surface area contributed by atoms with E-state index in [0.717, 1.165) is 15.6 Å². The molecule has 3 amide bonds. The number of hydrogen-bond donors (Lipinski definition) is 2. The van der Waals surface area contributed by atoms with Gasteiger partial charge in [0.05, 0.1) is 12.5 Å². The van der Waals surface area contributed by atoms with Crippen molar-refractivity contribution in [2.24, 2.45) is 5.73 Å². The van der Waals surface area contributed by atoms with Crippen LogP contribution < -0.4 is 11.1 Å². The van der Waals surface area contributed by atoms with Gasteiger partial charge in [-0.25, -0.2) is 4.79 Å². The number of primary amides is 1. The smallest absolute Gasteiger partial charge is 0.312 e. The Hall–Kier alpha value is -3.12. The minimum Gasteiger partial charge on any atom is -0.352 e.